The fourth-order valence-corrected chi connectivity index (χ4v) is 3.63. The molecule has 0 aliphatic carbocycles. The summed E-state index contributed by atoms with van der Waals surface area (Å²) in [6, 6.07) is 15.8. The highest BCUT2D eigenvalue weighted by atomic mass is 16.5. The highest BCUT2D eigenvalue weighted by Crippen LogP contribution is 2.25. The Kier molecular flexibility index (Phi) is 7.72. The van der Waals surface area contributed by atoms with Crippen LogP contribution >= 0.6 is 0 Å². The van der Waals surface area contributed by atoms with Gasteiger partial charge in [0.15, 0.2) is 0 Å². The predicted molar refractivity (Wildman–Crippen MR) is 118 cm³/mol. The second-order valence-electron chi connectivity index (χ2n) is 8.52. The van der Waals surface area contributed by atoms with E-state index in [1.54, 1.807) is 0 Å². The number of ether oxygens (including phenoxy) is 2. The van der Waals surface area contributed by atoms with Crippen LogP contribution in [0.3, 0.4) is 0 Å². The number of hydrogen-bond acceptors (Lipinski definition) is 6. The van der Waals surface area contributed by atoms with Crippen molar-refractivity contribution in [3.05, 3.63) is 59.7 Å². The molecule has 6 heteroatoms. The molecule has 6 nitrogen and oxygen atoms in total. The summed E-state index contributed by atoms with van der Waals surface area (Å²) in [6.45, 7) is 5.39. The minimum Gasteiger partial charge on any atom is -0.492 e. The van der Waals surface area contributed by atoms with E-state index in [2.05, 4.69) is 21.9 Å². The van der Waals surface area contributed by atoms with Crippen molar-refractivity contribution in [1.82, 2.24) is 9.80 Å². The minimum atomic E-state index is -1.29. The Morgan fingerprint density at radius 3 is 2.57 bits per heavy atom. The lowest BCUT2D eigenvalue weighted by Crippen LogP contribution is -2.59. The number of benzene rings is 2. The molecule has 30 heavy (non-hydrogen) atoms. The lowest BCUT2D eigenvalue weighted by atomic mass is 9.90. The molecule has 1 heterocycles. The molecule has 3 rings (SSSR count). The van der Waals surface area contributed by atoms with Gasteiger partial charge in [-0.05, 0) is 62.8 Å². The molecule has 0 aromatic heterocycles. The number of aliphatic hydroxyl groups excluding tert-OH is 1. The molecule has 1 fully saturated rings. The quantitative estimate of drug-likeness (QED) is 0.657. The highest BCUT2D eigenvalue weighted by Gasteiger charge is 2.42. The molecule has 0 spiro atoms. The summed E-state index contributed by atoms with van der Waals surface area (Å²) in [7, 11) is 4.05. The molecule has 2 atom stereocenters. The van der Waals surface area contributed by atoms with E-state index >= 15 is 0 Å². The molecule has 2 aromatic carbocycles. The van der Waals surface area contributed by atoms with Crippen LogP contribution in [0.2, 0.25) is 0 Å². The topological polar surface area (TPSA) is 65.4 Å². The third-order valence-corrected chi connectivity index (χ3v) is 5.45. The molecular weight excluding hydrogens is 380 g/mol. The Labute approximate surface area is 179 Å². The van der Waals surface area contributed by atoms with Crippen LogP contribution in [0.25, 0.3) is 0 Å². The number of likely N-dealkylation sites (N-methyl/N-ethyl adjacent to an activating group) is 1. The van der Waals surface area contributed by atoms with Crippen LogP contribution in [0.4, 0.5) is 0 Å². The molecular formula is C24H34N2O4. The van der Waals surface area contributed by atoms with Gasteiger partial charge in [0, 0.05) is 26.2 Å². The van der Waals surface area contributed by atoms with Gasteiger partial charge < -0.3 is 24.6 Å². The maximum absolute atomic E-state index is 11.1. The lowest BCUT2D eigenvalue weighted by molar-refractivity contribution is -0.140. The van der Waals surface area contributed by atoms with E-state index in [4.69, 9.17) is 9.47 Å². The number of rotatable bonds is 9. The van der Waals surface area contributed by atoms with Crippen LogP contribution in [0.1, 0.15) is 17.5 Å². The first-order chi connectivity index (χ1) is 14.3. The van der Waals surface area contributed by atoms with Crippen molar-refractivity contribution in [1.29, 1.82) is 0 Å². The van der Waals surface area contributed by atoms with Gasteiger partial charge in [-0.1, -0.05) is 24.3 Å². The fraction of sp³-hybridized carbons (Fsp3) is 0.500. The molecule has 0 bridgehead atoms. The van der Waals surface area contributed by atoms with Crippen LogP contribution in [0, 0.1) is 6.92 Å². The summed E-state index contributed by atoms with van der Waals surface area (Å²) in [4.78, 5) is 4.25. The van der Waals surface area contributed by atoms with Crippen molar-refractivity contribution in [3.63, 3.8) is 0 Å². The molecule has 1 saturated heterocycles. The van der Waals surface area contributed by atoms with Crippen molar-refractivity contribution in [3.8, 4) is 11.5 Å². The maximum atomic E-state index is 11.1. The summed E-state index contributed by atoms with van der Waals surface area (Å²) in [5, 5.41) is 21.5. The molecule has 0 unspecified atom stereocenters. The molecule has 0 radical (unpaired) electrons. The smallest absolute Gasteiger partial charge is 0.137 e. The second kappa shape index (κ2) is 10.3. The Morgan fingerprint density at radius 2 is 1.87 bits per heavy atom. The maximum Gasteiger partial charge on any atom is 0.137 e. The van der Waals surface area contributed by atoms with E-state index in [0.29, 0.717) is 31.9 Å². The van der Waals surface area contributed by atoms with Crippen molar-refractivity contribution in [2.75, 3.05) is 46.9 Å². The van der Waals surface area contributed by atoms with Gasteiger partial charge >= 0.3 is 0 Å². The van der Waals surface area contributed by atoms with Crippen molar-refractivity contribution in [2.24, 2.45) is 0 Å². The van der Waals surface area contributed by atoms with Gasteiger partial charge in [-0.3, -0.25) is 4.90 Å². The Balaban J connectivity index is 1.54. The zero-order valence-electron chi connectivity index (χ0n) is 18.3. The summed E-state index contributed by atoms with van der Waals surface area (Å²) in [5.74, 6) is 1.57. The van der Waals surface area contributed by atoms with Gasteiger partial charge in [-0.15, -0.1) is 0 Å². The number of nitrogens with zero attached hydrogens (tertiary/aromatic N) is 2. The average molecular weight is 415 g/mol. The average Bonchev–Trinajstić information content (AvgIpc) is 2.71. The highest BCUT2D eigenvalue weighted by molar-refractivity contribution is 5.28. The van der Waals surface area contributed by atoms with Crippen LogP contribution in [0.15, 0.2) is 48.5 Å². The molecule has 0 amide bonds. The molecule has 1 aliphatic rings. The fourth-order valence-electron chi connectivity index (χ4n) is 3.63. The summed E-state index contributed by atoms with van der Waals surface area (Å²) in [5.41, 5.74) is 0.949. The lowest BCUT2D eigenvalue weighted by Gasteiger charge is -2.42. The number of aliphatic hydroxyl groups is 2. The van der Waals surface area contributed by atoms with Gasteiger partial charge in [0.25, 0.3) is 0 Å². The van der Waals surface area contributed by atoms with Crippen molar-refractivity contribution in [2.45, 2.75) is 31.6 Å². The van der Waals surface area contributed by atoms with Gasteiger partial charge in [0.2, 0.25) is 0 Å². The van der Waals surface area contributed by atoms with Crippen LogP contribution < -0.4 is 9.47 Å². The minimum absolute atomic E-state index is 0.0623. The number of aryl methyl sites for hydroxylation is 1. The molecule has 164 valence electrons. The third-order valence-electron chi connectivity index (χ3n) is 5.45. The first-order valence-corrected chi connectivity index (χ1v) is 10.5. The Bertz CT molecular complexity index is 796. The van der Waals surface area contributed by atoms with E-state index in [1.807, 2.05) is 57.4 Å². The summed E-state index contributed by atoms with van der Waals surface area (Å²) in [6.07, 6.45) is -0.287. The summed E-state index contributed by atoms with van der Waals surface area (Å²) >= 11 is 0. The largest absolute Gasteiger partial charge is 0.492 e. The molecule has 1 aliphatic heterocycles. The third kappa shape index (κ3) is 6.44. The molecule has 2 aromatic rings. The van der Waals surface area contributed by atoms with Gasteiger partial charge in [0.1, 0.15) is 30.3 Å². The van der Waals surface area contributed by atoms with E-state index in [-0.39, 0.29) is 6.61 Å². The van der Waals surface area contributed by atoms with E-state index in [9.17, 15) is 10.2 Å². The number of piperidine rings is 1. The van der Waals surface area contributed by atoms with Crippen LogP contribution in [-0.4, -0.2) is 78.7 Å². The number of likely N-dealkylation sites (tertiary alicyclic amines) is 1. The first kappa shape index (κ1) is 22.6. The van der Waals surface area contributed by atoms with Crippen LogP contribution in [0.5, 0.6) is 11.5 Å². The number of hydrogen-bond donors (Lipinski definition) is 2. The van der Waals surface area contributed by atoms with Crippen molar-refractivity contribution >= 4 is 0 Å². The van der Waals surface area contributed by atoms with Crippen LogP contribution in [-0.2, 0) is 6.54 Å². The Morgan fingerprint density at radius 1 is 1.10 bits per heavy atom. The van der Waals surface area contributed by atoms with Gasteiger partial charge in [-0.2, -0.15) is 0 Å². The van der Waals surface area contributed by atoms with Crippen molar-refractivity contribution < 1.29 is 19.7 Å². The second-order valence-corrected chi connectivity index (χ2v) is 8.52. The van der Waals surface area contributed by atoms with E-state index in [0.717, 1.165) is 30.0 Å². The molecule has 2 N–H and O–H groups in total. The zero-order chi connectivity index (χ0) is 21.6. The summed E-state index contributed by atoms with van der Waals surface area (Å²) < 4.78 is 11.6. The monoisotopic (exact) mass is 414 g/mol. The predicted octanol–water partition coefficient (Wildman–Crippen LogP) is 2.31. The zero-order valence-corrected chi connectivity index (χ0v) is 18.3. The standard InChI is InChI=1S/C24H34N2O4/c1-19-5-4-6-22(15-19)30-18-24(28)17-26(12-11-23(24)27)16-20-7-9-21(10-8-20)29-14-13-25(2)3/h4-10,15,23,27-28H,11-14,16-18H2,1-3H3/t23-,24-/m0/s1. The molecule has 0 saturated carbocycles. The normalized spacial score (nSPS) is 22.3. The Hall–Kier alpha value is -2.12. The number of β-amino-alcohol motifs (C(OH)–C–C–N with tert-alkyl or cyclic N) is 1. The first-order valence-electron chi connectivity index (χ1n) is 10.5. The van der Waals surface area contributed by atoms with Gasteiger partial charge in [-0.25, -0.2) is 0 Å². The van der Waals surface area contributed by atoms with E-state index in [1.165, 1.54) is 0 Å². The van der Waals surface area contributed by atoms with Gasteiger partial charge in [0.05, 0.1) is 6.10 Å². The van der Waals surface area contributed by atoms with E-state index < -0.39 is 11.7 Å². The SMILES string of the molecule is Cc1cccc(OC[C@@]2(O)CN(Cc3ccc(OCCN(C)C)cc3)CC[C@@H]2O)c1.